The second-order valence-corrected chi connectivity index (χ2v) is 3.76. The molecular weight excluding hydrogens is 224 g/mol. The van der Waals surface area contributed by atoms with E-state index in [1.165, 1.54) is 17.3 Å². The summed E-state index contributed by atoms with van der Waals surface area (Å²) in [6.07, 6.45) is 3.26. The fourth-order valence-electron chi connectivity index (χ4n) is 1.82. The molecule has 0 bridgehead atoms. The maximum atomic E-state index is 12.1. The van der Waals surface area contributed by atoms with E-state index in [4.69, 9.17) is 0 Å². The molecule has 90 valence electrons. The van der Waals surface area contributed by atoms with Crippen molar-refractivity contribution in [2.45, 2.75) is 19.4 Å². The molecule has 17 heavy (non-hydrogen) atoms. The maximum absolute atomic E-state index is 12.1. The van der Waals surface area contributed by atoms with E-state index in [0.29, 0.717) is 12.0 Å². The summed E-state index contributed by atoms with van der Waals surface area (Å²) in [5.74, 6) is -1.26. The highest BCUT2D eigenvalue weighted by atomic mass is 16.2. The van der Waals surface area contributed by atoms with Gasteiger partial charge in [-0.25, -0.2) is 0 Å². The molecule has 0 saturated carbocycles. The van der Waals surface area contributed by atoms with Crippen molar-refractivity contribution >= 4 is 17.7 Å². The van der Waals surface area contributed by atoms with Crippen LogP contribution >= 0.6 is 0 Å². The molecule has 1 aliphatic heterocycles. The minimum Gasteiger partial charge on any atom is -0.317 e. The van der Waals surface area contributed by atoms with Crippen molar-refractivity contribution in [3.05, 3.63) is 18.0 Å². The van der Waals surface area contributed by atoms with Gasteiger partial charge < -0.3 is 4.90 Å². The van der Waals surface area contributed by atoms with Crippen molar-refractivity contribution in [2.75, 3.05) is 6.54 Å². The third-order valence-electron chi connectivity index (χ3n) is 2.65. The molecule has 0 aliphatic carbocycles. The van der Waals surface area contributed by atoms with E-state index >= 15 is 0 Å². The summed E-state index contributed by atoms with van der Waals surface area (Å²) in [5.41, 5.74) is 0.339. The fraction of sp³-hybridized carbons (Fsp3) is 0.400. The number of imide groups is 1. The van der Waals surface area contributed by atoms with Gasteiger partial charge in [0.05, 0.1) is 11.8 Å². The summed E-state index contributed by atoms with van der Waals surface area (Å²) in [6, 6.07) is -0.602. The number of hydrogen-bond acceptors (Lipinski definition) is 4. The first kappa shape index (κ1) is 11.3. The summed E-state index contributed by atoms with van der Waals surface area (Å²) >= 11 is 0. The number of rotatable bonds is 2. The first-order valence-corrected chi connectivity index (χ1v) is 5.27. The van der Waals surface area contributed by atoms with Crippen LogP contribution in [0.25, 0.3) is 0 Å². The van der Waals surface area contributed by atoms with Crippen molar-refractivity contribution in [3.8, 4) is 0 Å². The predicted octanol–water partition coefficient (Wildman–Crippen LogP) is -0.713. The lowest BCUT2D eigenvalue weighted by atomic mass is 10.1. The fourth-order valence-corrected chi connectivity index (χ4v) is 1.82. The van der Waals surface area contributed by atoms with Crippen molar-refractivity contribution in [3.63, 3.8) is 0 Å². The van der Waals surface area contributed by atoms with E-state index in [1.807, 2.05) is 0 Å². The molecule has 1 aromatic rings. The number of nitrogens with one attached hydrogen (secondary N) is 2. The smallest absolute Gasteiger partial charge is 0.258 e. The lowest BCUT2D eigenvalue weighted by Gasteiger charge is -2.33. The Morgan fingerprint density at radius 2 is 2.35 bits per heavy atom. The minimum absolute atomic E-state index is 0.103. The zero-order chi connectivity index (χ0) is 12.4. The van der Waals surface area contributed by atoms with Crippen LogP contribution in [0.15, 0.2) is 12.4 Å². The third-order valence-corrected chi connectivity index (χ3v) is 2.65. The highest BCUT2D eigenvalue weighted by Crippen LogP contribution is 2.13. The van der Waals surface area contributed by atoms with Gasteiger partial charge in [-0.15, -0.1) is 0 Å². The number of carbonyl (C=O) groups is 3. The Kier molecular flexibility index (Phi) is 2.90. The number of piperazine rings is 1. The number of aromatic amines is 1. The molecule has 0 radical (unpaired) electrons. The van der Waals surface area contributed by atoms with Gasteiger partial charge in [0.1, 0.15) is 12.6 Å². The lowest BCUT2D eigenvalue weighted by Crippen LogP contribution is -2.59. The molecule has 1 aromatic heterocycles. The van der Waals surface area contributed by atoms with Gasteiger partial charge in [0.15, 0.2) is 0 Å². The molecule has 0 spiro atoms. The first-order valence-electron chi connectivity index (χ1n) is 5.27. The minimum atomic E-state index is -0.602. The van der Waals surface area contributed by atoms with Crippen molar-refractivity contribution < 1.29 is 14.4 Å². The number of H-pyrrole nitrogens is 1. The van der Waals surface area contributed by atoms with Crippen molar-refractivity contribution in [2.24, 2.45) is 0 Å². The van der Waals surface area contributed by atoms with E-state index in [0.717, 1.165) is 0 Å². The summed E-state index contributed by atoms with van der Waals surface area (Å²) in [7, 11) is 0. The van der Waals surface area contributed by atoms with E-state index in [9.17, 15) is 14.4 Å². The molecule has 1 fully saturated rings. The molecule has 2 heterocycles. The SMILES string of the molecule is CCC1C(=O)NC(=O)CN1C(=O)c1cn[nH]c1. The average Bonchev–Trinajstić information content (AvgIpc) is 2.80. The Morgan fingerprint density at radius 3 is 2.94 bits per heavy atom. The number of amides is 3. The number of carbonyl (C=O) groups excluding carboxylic acids is 3. The topological polar surface area (TPSA) is 95.2 Å². The normalized spacial score (nSPS) is 20.3. The molecule has 1 unspecified atom stereocenters. The summed E-state index contributed by atoms with van der Waals surface area (Å²) in [5, 5.41) is 8.41. The predicted molar refractivity (Wildman–Crippen MR) is 56.9 cm³/mol. The Bertz CT molecular complexity index is 454. The number of aromatic nitrogens is 2. The van der Waals surface area contributed by atoms with Crippen LogP contribution in [0.4, 0.5) is 0 Å². The lowest BCUT2D eigenvalue weighted by molar-refractivity contribution is -0.138. The average molecular weight is 236 g/mol. The summed E-state index contributed by atoms with van der Waals surface area (Å²) in [4.78, 5) is 36.2. The van der Waals surface area contributed by atoms with Crippen LogP contribution in [0.1, 0.15) is 23.7 Å². The largest absolute Gasteiger partial charge is 0.317 e. The van der Waals surface area contributed by atoms with Crippen LogP contribution in [0.2, 0.25) is 0 Å². The zero-order valence-electron chi connectivity index (χ0n) is 9.27. The Labute approximate surface area is 97.2 Å². The first-order chi connectivity index (χ1) is 8.13. The van der Waals surface area contributed by atoms with E-state index in [2.05, 4.69) is 15.5 Å². The summed E-state index contributed by atoms with van der Waals surface area (Å²) in [6.45, 7) is 1.68. The van der Waals surface area contributed by atoms with Gasteiger partial charge in [-0.2, -0.15) is 5.10 Å². The number of hydrogen-bond donors (Lipinski definition) is 2. The van der Waals surface area contributed by atoms with Gasteiger partial charge >= 0.3 is 0 Å². The quantitative estimate of drug-likeness (QED) is 0.663. The van der Waals surface area contributed by atoms with Crippen LogP contribution in [-0.4, -0.2) is 45.4 Å². The van der Waals surface area contributed by atoms with Crippen LogP contribution in [0.3, 0.4) is 0 Å². The van der Waals surface area contributed by atoms with Crippen LogP contribution in [0, 0.1) is 0 Å². The second-order valence-electron chi connectivity index (χ2n) is 3.76. The van der Waals surface area contributed by atoms with Gasteiger partial charge in [0.2, 0.25) is 11.8 Å². The molecular formula is C10H12N4O3. The highest BCUT2D eigenvalue weighted by molar-refractivity contribution is 6.07. The van der Waals surface area contributed by atoms with Gasteiger partial charge in [-0.1, -0.05) is 6.92 Å². The van der Waals surface area contributed by atoms with Gasteiger partial charge in [-0.3, -0.25) is 24.8 Å². The monoisotopic (exact) mass is 236 g/mol. The maximum Gasteiger partial charge on any atom is 0.258 e. The molecule has 1 atom stereocenters. The Hall–Kier alpha value is -2.18. The number of nitrogens with zero attached hydrogens (tertiary/aromatic N) is 2. The Balaban J connectivity index is 2.25. The van der Waals surface area contributed by atoms with Crippen molar-refractivity contribution in [1.29, 1.82) is 0 Å². The van der Waals surface area contributed by atoms with Gasteiger partial charge in [0.25, 0.3) is 5.91 Å². The molecule has 1 aliphatic rings. The summed E-state index contributed by atoms with van der Waals surface area (Å²) < 4.78 is 0. The van der Waals surface area contributed by atoms with Crippen molar-refractivity contribution in [1.82, 2.24) is 20.4 Å². The molecule has 7 heteroatoms. The van der Waals surface area contributed by atoms with E-state index < -0.39 is 17.9 Å². The van der Waals surface area contributed by atoms with E-state index in [1.54, 1.807) is 6.92 Å². The highest BCUT2D eigenvalue weighted by Gasteiger charge is 2.36. The van der Waals surface area contributed by atoms with Crippen LogP contribution in [-0.2, 0) is 9.59 Å². The van der Waals surface area contributed by atoms with E-state index in [-0.39, 0.29) is 12.5 Å². The molecule has 1 saturated heterocycles. The van der Waals surface area contributed by atoms with Gasteiger partial charge in [0, 0.05) is 6.20 Å². The molecule has 7 nitrogen and oxygen atoms in total. The van der Waals surface area contributed by atoms with Gasteiger partial charge in [-0.05, 0) is 6.42 Å². The molecule has 2 rings (SSSR count). The third kappa shape index (κ3) is 2.03. The standard InChI is InChI=1S/C10H12N4O3/c1-2-7-9(16)13-8(15)5-14(7)10(17)6-3-11-12-4-6/h3-4,7H,2,5H2,1H3,(H,11,12)(H,13,15,16). The van der Waals surface area contributed by atoms with Crippen LogP contribution in [0.5, 0.6) is 0 Å². The molecule has 0 aromatic carbocycles. The Morgan fingerprint density at radius 1 is 1.59 bits per heavy atom. The molecule has 3 amide bonds. The molecule has 2 N–H and O–H groups in total. The second kappa shape index (κ2) is 4.36. The zero-order valence-corrected chi connectivity index (χ0v) is 9.27. The van der Waals surface area contributed by atoms with Crippen LogP contribution < -0.4 is 5.32 Å².